The van der Waals surface area contributed by atoms with Crippen molar-refractivity contribution in [1.82, 2.24) is 14.8 Å². The van der Waals surface area contributed by atoms with Gasteiger partial charge in [0.1, 0.15) is 18.3 Å². The largest absolute Gasteiger partial charge is 0.320 e. The molecule has 0 fully saturated rings. The summed E-state index contributed by atoms with van der Waals surface area (Å²) in [5.74, 6) is -0.221. The van der Waals surface area contributed by atoms with Gasteiger partial charge < -0.3 is 5.32 Å². The topological polar surface area (TPSA) is 103 Å². The van der Waals surface area contributed by atoms with E-state index >= 15 is 0 Å². The van der Waals surface area contributed by atoms with Crippen molar-refractivity contribution < 1.29 is 9.72 Å². The van der Waals surface area contributed by atoms with E-state index in [2.05, 4.69) is 15.4 Å². The highest BCUT2D eigenvalue weighted by Crippen LogP contribution is 2.32. The monoisotopic (exact) mass is 413 g/mol. The Balaban J connectivity index is 1.85. The molecular formula is C20H20ClN5O3. The minimum atomic E-state index is -0.500. The van der Waals surface area contributed by atoms with Crippen LogP contribution in [0.5, 0.6) is 0 Å². The molecule has 0 aliphatic rings. The SMILES string of the molecule is CC(C)C(c1ccc(NC(=O)Cc2ccc(Cl)cc2)c([N+](=O)[O-])c1)n1cncn1. The molecule has 1 aromatic heterocycles. The Bertz CT molecular complexity index is 1000. The van der Waals surface area contributed by atoms with Gasteiger partial charge in [-0.15, -0.1) is 0 Å². The second-order valence-corrected chi connectivity index (χ2v) is 7.39. The number of anilines is 1. The molecule has 0 radical (unpaired) electrons. The molecule has 8 nitrogen and oxygen atoms in total. The van der Waals surface area contributed by atoms with E-state index in [9.17, 15) is 14.9 Å². The van der Waals surface area contributed by atoms with Crippen molar-refractivity contribution in [1.29, 1.82) is 0 Å². The van der Waals surface area contributed by atoms with Crippen LogP contribution in [-0.2, 0) is 11.2 Å². The number of halogens is 1. The maximum atomic E-state index is 12.4. The molecule has 2 aromatic carbocycles. The number of hydrogen-bond donors (Lipinski definition) is 1. The Morgan fingerprint density at radius 2 is 1.97 bits per heavy atom. The van der Waals surface area contributed by atoms with Gasteiger partial charge in [0.15, 0.2) is 0 Å². The number of carbonyl (C=O) groups excluding carboxylic acids is 1. The van der Waals surface area contributed by atoms with Crippen LogP contribution in [0.3, 0.4) is 0 Å². The van der Waals surface area contributed by atoms with E-state index in [1.807, 2.05) is 13.8 Å². The van der Waals surface area contributed by atoms with Crippen molar-refractivity contribution in [3.63, 3.8) is 0 Å². The number of rotatable bonds is 7. The van der Waals surface area contributed by atoms with E-state index in [1.54, 1.807) is 47.4 Å². The van der Waals surface area contributed by atoms with Crippen LogP contribution in [0, 0.1) is 16.0 Å². The average Bonchev–Trinajstić information content (AvgIpc) is 3.18. The Kier molecular flexibility index (Phi) is 6.23. The zero-order valence-corrected chi connectivity index (χ0v) is 16.7. The van der Waals surface area contributed by atoms with E-state index in [0.717, 1.165) is 5.56 Å². The first-order valence-corrected chi connectivity index (χ1v) is 9.39. The van der Waals surface area contributed by atoms with E-state index in [-0.39, 0.29) is 35.7 Å². The standard InChI is InChI=1S/C20H20ClN5O3/c1-13(2)20(25-12-22-11-23-25)15-5-8-17(18(10-15)26(28)29)24-19(27)9-14-3-6-16(21)7-4-14/h3-8,10-13,20H,9H2,1-2H3,(H,24,27). The summed E-state index contributed by atoms with van der Waals surface area (Å²) < 4.78 is 1.67. The summed E-state index contributed by atoms with van der Waals surface area (Å²) >= 11 is 5.85. The van der Waals surface area contributed by atoms with Crippen LogP contribution in [0.4, 0.5) is 11.4 Å². The van der Waals surface area contributed by atoms with Gasteiger partial charge in [0.2, 0.25) is 5.91 Å². The minimum Gasteiger partial charge on any atom is -0.320 e. The Labute approximate surface area is 172 Å². The number of nitro benzene ring substituents is 1. The molecule has 150 valence electrons. The molecular weight excluding hydrogens is 394 g/mol. The molecule has 1 N–H and O–H groups in total. The number of nitrogens with zero attached hydrogens (tertiary/aromatic N) is 4. The van der Waals surface area contributed by atoms with Gasteiger partial charge in [-0.05, 0) is 35.2 Å². The van der Waals surface area contributed by atoms with Crippen molar-refractivity contribution in [2.45, 2.75) is 26.3 Å². The summed E-state index contributed by atoms with van der Waals surface area (Å²) in [6.07, 6.45) is 3.09. The molecule has 3 aromatic rings. The fraction of sp³-hybridized carbons (Fsp3) is 0.250. The normalized spacial score (nSPS) is 12.0. The lowest BCUT2D eigenvalue weighted by molar-refractivity contribution is -0.384. The van der Waals surface area contributed by atoms with Crippen molar-refractivity contribution in [2.24, 2.45) is 5.92 Å². The first-order valence-electron chi connectivity index (χ1n) is 9.02. The number of aromatic nitrogens is 3. The Morgan fingerprint density at radius 3 is 2.55 bits per heavy atom. The summed E-state index contributed by atoms with van der Waals surface area (Å²) in [4.78, 5) is 27.5. The molecule has 0 aliphatic heterocycles. The van der Waals surface area contributed by atoms with Crippen LogP contribution in [0.1, 0.15) is 31.0 Å². The second kappa shape index (κ2) is 8.83. The van der Waals surface area contributed by atoms with Gasteiger partial charge in [0, 0.05) is 11.1 Å². The fourth-order valence-corrected chi connectivity index (χ4v) is 3.30. The highest BCUT2D eigenvalue weighted by atomic mass is 35.5. The molecule has 1 heterocycles. The fourth-order valence-electron chi connectivity index (χ4n) is 3.18. The molecule has 29 heavy (non-hydrogen) atoms. The van der Waals surface area contributed by atoms with Crippen LogP contribution in [-0.4, -0.2) is 25.6 Å². The lowest BCUT2D eigenvalue weighted by atomic mass is 9.95. The number of nitrogens with one attached hydrogen (secondary N) is 1. The first kappa shape index (κ1) is 20.5. The van der Waals surface area contributed by atoms with Crippen molar-refractivity contribution in [2.75, 3.05) is 5.32 Å². The zero-order chi connectivity index (χ0) is 21.0. The predicted octanol–water partition coefficient (Wildman–Crippen LogP) is 4.27. The maximum Gasteiger partial charge on any atom is 0.293 e. The third-order valence-electron chi connectivity index (χ3n) is 4.47. The van der Waals surface area contributed by atoms with E-state index in [4.69, 9.17) is 11.6 Å². The van der Waals surface area contributed by atoms with Crippen molar-refractivity contribution in [3.05, 3.63) is 81.4 Å². The molecule has 1 amide bonds. The summed E-state index contributed by atoms with van der Waals surface area (Å²) in [7, 11) is 0. The van der Waals surface area contributed by atoms with Gasteiger partial charge in [-0.3, -0.25) is 14.9 Å². The lowest BCUT2D eigenvalue weighted by Gasteiger charge is -2.21. The van der Waals surface area contributed by atoms with Crippen LogP contribution in [0.15, 0.2) is 55.1 Å². The summed E-state index contributed by atoms with van der Waals surface area (Å²) in [6.45, 7) is 4.00. The van der Waals surface area contributed by atoms with Crippen LogP contribution in [0.25, 0.3) is 0 Å². The van der Waals surface area contributed by atoms with Crippen molar-refractivity contribution in [3.8, 4) is 0 Å². The summed E-state index contributed by atoms with van der Waals surface area (Å²) in [6, 6.07) is 11.4. The third kappa shape index (κ3) is 4.97. The molecule has 0 saturated carbocycles. The molecule has 0 saturated heterocycles. The summed E-state index contributed by atoms with van der Waals surface area (Å²) in [5.41, 5.74) is 1.46. The molecule has 0 spiro atoms. The Hall–Kier alpha value is -3.26. The van der Waals surface area contributed by atoms with Crippen LogP contribution in [0.2, 0.25) is 5.02 Å². The van der Waals surface area contributed by atoms with Crippen LogP contribution >= 0.6 is 11.6 Å². The highest BCUT2D eigenvalue weighted by molar-refractivity contribution is 6.30. The number of benzene rings is 2. The first-order chi connectivity index (χ1) is 13.8. The lowest BCUT2D eigenvalue weighted by Crippen LogP contribution is -2.18. The average molecular weight is 414 g/mol. The Morgan fingerprint density at radius 1 is 1.24 bits per heavy atom. The molecule has 3 rings (SSSR count). The van der Waals surface area contributed by atoms with Crippen LogP contribution < -0.4 is 5.32 Å². The molecule has 9 heteroatoms. The summed E-state index contributed by atoms with van der Waals surface area (Å²) in [5, 5.41) is 19.0. The van der Waals surface area contributed by atoms with Gasteiger partial charge in [0.25, 0.3) is 5.69 Å². The molecule has 0 bridgehead atoms. The van der Waals surface area contributed by atoms with Gasteiger partial charge in [-0.1, -0.05) is 43.6 Å². The number of carbonyl (C=O) groups is 1. The zero-order valence-electron chi connectivity index (χ0n) is 15.9. The molecule has 1 unspecified atom stereocenters. The van der Waals surface area contributed by atoms with Crippen molar-refractivity contribution >= 4 is 28.9 Å². The minimum absolute atomic E-state index is 0.0870. The quantitative estimate of drug-likeness (QED) is 0.460. The highest BCUT2D eigenvalue weighted by Gasteiger charge is 2.24. The number of nitro groups is 1. The second-order valence-electron chi connectivity index (χ2n) is 6.95. The van der Waals surface area contributed by atoms with Gasteiger partial charge in [-0.25, -0.2) is 9.67 Å². The van der Waals surface area contributed by atoms with E-state index < -0.39 is 4.92 Å². The third-order valence-corrected chi connectivity index (χ3v) is 4.72. The van der Waals surface area contributed by atoms with Gasteiger partial charge in [-0.2, -0.15) is 5.10 Å². The number of amides is 1. The van der Waals surface area contributed by atoms with E-state index in [1.165, 1.54) is 12.4 Å². The van der Waals surface area contributed by atoms with E-state index in [0.29, 0.717) is 10.6 Å². The van der Waals surface area contributed by atoms with Gasteiger partial charge >= 0.3 is 0 Å². The smallest absolute Gasteiger partial charge is 0.293 e. The molecule has 1 atom stereocenters. The molecule has 0 aliphatic carbocycles. The predicted molar refractivity (Wildman–Crippen MR) is 110 cm³/mol. The van der Waals surface area contributed by atoms with Gasteiger partial charge in [0.05, 0.1) is 17.4 Å². The maximum absolute atomic E-state index is 12.4. The number of hydrogen-bond acceptors (Lipinski definition) is 5.